The zero-order valence-corrected chi connectivity index (χ0v) is 14.4. The number of aromatic nitrogens is 1. The summed E-state index contributed by atoms with van der Waals surface area (Å²) in [4.78, 5) is 0. The minimum Gasteiger partial charge on any atom is -0.388 e. The van der Waals surface area contributed by atoms with Crippen LogP contribution in [0.1, 0.15) is 43.3 Å². The van der Waals surface area contributed by atoms with Crippen LogP contribution < -0.4 is 0 Å². The predicted molar refractivity (Wildman–Crippen MR) is 83.7 cm³/mol. The van der Waals surface area contributed by atoms with Crippen molar-refractivity contribution in [2.24, 2.45) is 5.41 Å². The van der Waals surface area contributed by atoms with Gasteiger partial charge in [-0.15, -0.1) is 0 Å². The topological polar surface area (TPSA) is 62.5 Å². The lowest BCUT2D eigenvalue weighted by Gasteiger charge is -2.34. The molecular weight excluding hydrogens is 288 g/mol. The summed E-state index contributed by atoms with van der Waals surface area (Å²) >= 11 is 0. The quantitative estimate of drug-likeness (QED) is 0.920. The number of aliphatic hydroxyl groups excluding tert-OH is 1. The van der Waals surface area contributed by atoms with Gasteiger partial charge in [-0.3, -0.25) is 0 Å². The van der Waals surface area contributed by atoms with Crippen LogP contribution in [0.2, 0.25) is 0 Å². The summed E-state index contributed by atoms with van der Waals surface area (Å²) in [6.07, 6.45) is 1.17. The molecule has 0 saturated heterocycles. The van der Waals surface area contributed by atoms with Gasteiger partial charge in [0.15, 0.2) is 0 Å². The minimum absolute atomic E-state index is 0.0371. The SMILES string of the molecule is Cc1cc2c(n1CCS(=O)(=O)N(C)C)CC(C)(C)CC2O. The first-order valence-electron chi connectivity index (χ1n) is 7.31. The lowest BCUT2D eigenvalue weighted by atomic mass is 9.75. The molecule has 0 saturated carbocycles. The molecule has 5 nitrogen and oxygen atoms in total. The minimum atomic E-state index is -3.21. The van der Waals surface area contributed by atoms with Crippen LogP contribution >= 0.6 is 0 Å². The molecule has 1 aromatic heterocycles. The molecule has 0 bridgehead atoms. The van der Waals surface area contributed by atoms with Crippen LogP contribution in [0.3, 0.4) is 0 Å². The van der Waals surface area contributed by atoms with Crippen LogP contribution in [0.5, 0.6) is 0 Å². The first-order valence-corrected chi connectivity index (χ1v) is 8.91. The smallest absolute Gasteiger partial charge is 0.215 e. The monoisotopic (exact) mass is 314 g/mol. The number of aliphatic hydroxyl groups is 1. The largest absolute Gasteiger partial charge is 0.388 e. The fraction of sp³-hybridized carbons (Fsp3) is 0.733. The van der Waals surface area contributed by atoms with Crippen LogP contribution in [0.15, 0.2) is 6.07 Å². The molecule has 0 amide bonds. The van der Waals surface area contributed by atoms with E-state index in [9.17, 15) is 13.5 Å². The van der Waals surface area contributed by atoms with Crippen molar-refractivity contribution in [1.29, 1.82) is 0 Å². The van der Waals surface area contributed by atoms with Gasteiger partial charge in [0.25, 0.3) is 0 Å². The molecule has 1 aliphatic rings. The van der Waals surface area contributed by atoms with Crippen molar-refractivity contribution in [2.45, 2.75) is 46.3 Å². The Bertz CT molecular complexity index is 630. The average Bonchev–Trinajstić information content (AvgIpc) is 2.62. The van der Waals surface area contributed by atoms with Crippen molar-refractivity contribution < 1.29 is 13.5 Å². The third kappa shape index (κ3) is 3.33. The lowest BCUT2D eigenvalue weighted by Crippen LogP contribution is -2.30. The Balaban J connectivity index is 2.30. The maximum atomic E-state index is 12.0. The summed E-state index contributed by atoms with van der Waals surface area (Å²) < 4.78 is 27.2. The molecule has 1 unspecified atom stereocenters. The first-order chi connectivity index (χ1) is 9.53. The zero-order chi connectivity index (χ0) is 16.0. The van der Waals surface area contributed by atoms with Gasteiger partial charge >= 0.3 is 0 Å². The molecule has 21 heavy (non-hydrogen) atoms. The van der Waals surface area contributed by atoms with E-state index in [2.05, 4.69) is 18.4 Å². The van der Waals surface area contributed by atoms with Crippen molar-refractivity contribution in [3.63, 3.8) is 0 Å². The van der Waals surface area contributed by atoms with E-state index in [-0.39, 0.29) is 11.2 Å². The maximum Gasteiger partial charge on any atom is 0.215 e. The number of hydrogen-bond acceptors (Lipinski definition) is 3. The van der Waals surface area contributed by atoms with Crippen LogP contribution in [-0.2, 0) is 23.0 Å². The molecule has 0 radical (unpaired) electrons. The second-order valence-corrected chi connectivity index (χ2v) is 9.30. The van der Waals surface area contributed by atoms with Crippen molar-refractivity contribution in [2.75, 3.05) is 19.8 Å². The summed E-state index contributed by atoms with van der Waals surface area (Å²) in [6, 6.07) is 2.00. The Morgan fingerprint density at radius 1 is 1.43 bits per heavy atom. The van der Waals surface area contributed by atoms with E-state index in [0.29, 0.717) is 6.54 Å². The van der Waals surface area contributed by atoms with E-state index in [1.165, 1.54) is 4.31 Å². The Kier molecular flexibility index (Phi) is 4.26. The molecule has 0 aliphatic heterocycles. The fourth-order valence-electron chi connectivity index (χ4n) is 3.10. The lowest BCUT2D eigenvalue weighted by molar-refractivity contribution is 0.0980. The second kappa shape index (κ2) is 5.41. The number of hydrogen-bond donors (Lipinski definition) is 1. The summed E-state index contributed by atoms with van der Waals surface area (Å²) in [6.45, 7) is 6.69. The van der Waals surface area contributed by atoms with Crippen molar-refractivity contribution in [3.8, 4) is 0 Å². The van der Waals surface area contributed by atoms with Crippen molar-refractivity contribution in [3.05, 3.63) is 23.0 Å². The van der Waals surface area contributed by atoms with Gasteiger partial charge < -0.3 is 9.67 Å². The Morgan fingerprint density at radius 3 is 2.62 bits per heavy atom. The molecule has 2 rings (SSSR count). The molecule has 1 atom stereocenters. The molecule has 6 heteroatoms. The number of aryl methyl sites for hydroxylation is 1. The zero-order valence-electron chi connectivity index (χ0n) is 13.5. The highest BCUT2D eigenvalue weighted by atomic mass is 32.2. The number of rotatable bonds is 4. The molecule has 0 fully saturated rings. The Morgan fingerprint density at radius 2 is 2.05 bits per heavy atom. The van der Waals surface area contributed by atoms with Gasteiger partial charge in [0, 0.05) is 37.6 Å². The molecule has 120 valence electrons. The molecule has 1 N–H and O–H groups in total. The molecule has 0 spiro atoms. The maximum absolute atomic E-state index is 12.0. The standard InChI is InChI=1S/C15H26N2O3S/c1-11-8-12-13(9-15(2,3)10-14(12)18)17(11)6-7-21(19,20)16(4)5/h8,14,18H,6-7,9-10H2,1-5H3. The van der Waals surface area contributed by atoms with E-state index in [4.69, 9.17) is 0 Å². The summed E-state index contributed by atoms with van der Waals surface area (Å²) in [7, 11) is -0.0984. The highest BCUT2D eigenvalue weighted by Gasteiger charge is 2.34. The average molecular weight is 314 g/mol. The third-order valence-corrected chi connectivity index (χ3v) is 6.14. The molecule has 1 heterocycles. The Labute approximate surface area is 127 Å². The number of sulfonamides is 1. The highest BCUT2D eigenvalue weighted by Crippen LogP contribution is 2.41. The van der Waals surface area contributed by atoms with Crippen molar-refractivity contribution in [1.82, 2.24) is 8.87 Å². The normalized spacial score (nSPS) is 21.6. The van der Waals surface area contributed by atoms with Crippen LogP contribution in [0.4, 0.5) is 0 Å². The summed E-state index contributed by atoms with van der Waals surface area (Å²) in [5, 5.41) is 10.3. The van der Waals surface area contributed by atoms with Gasteiger partial charge in [0.1, 0.15) is 0 Å². The van der Waals surface area contributed by atoms with E-state index in [1.807, 2.05) is 13.0 Å². The van der Waals surface area contributed by atoms with Crippen molar-refractivity contribution >= 4 is 10.0 Å². The molecular formula is C15H26N2O3S. The van der Waals surface area contributed by atoms with E-state index in [1.54, 1.807) is 14.1 Å². The van der Waals surface area contributed by atoms with Crippen LogP contribution in [0.25, 0.3) is 0 Å². The molecule has 0 aromatic carbocycles. The van der Waals surface area contributed by atoms with Gasteiger partial charge in [-0.05, 0) is 31.2 Å². The summed E-state index contributed by atoms with van der Waals surface area (Å²) in [5.74, 6) is 0.0818. The Hall–Kier alpha value is -0.850. The molecule has 1 aliphatic carbocycles. The second-order valence-electron chi connectivity index (χ2n) is 7.00. The fourth-order valence-corrected chi connectivity index (χ4v) is 3.88. The first kappa shape index (κ1) is 16.5. The van der Waals surface area contributed by atoms with E-state index in [0.717, 1.165) is 29.8 Å². The van der Waals surface area contributed by atoms with Gasteiger partial charge in [-0.25, -0.2) is 12.7 Å². The van der Waals surface area contributed by atoms with Gasteiger partial charge in [-0.1, -0.05) is 13.8 Å². The number of nitrogens with zero attached hydrogens (tertiary/aromatic N) is 2. The number of fused-ring (bicyclic) bond motifs is 1. The predicted octanol–water partition coefficient (Wildman–Crippen LogP) is 1.69. The van der Waals surface area contributed by atoms with E-state index < -0.39 is 16.1 Å². The van der Waals surface area contributed by atoms with Crippen LogP contribution in [0, 0.1) is 12.3 Å². The van der Waals surface area contributed by atoms with E-state index >= 15 is 0 Å². The van der Waals surface area contributed by atoms with Gasteiger partial charge in [0.05, 0.1) is 11.9 Å². The third-order valence-electron chi connectivity index (χ3n) is 4.33. The summed E-state index contributed by atoms with van der Waals surface area (Å²) in [5.41, 5.74) is 3.11. The molecule has 1 aromatic rings. The van der Waals surface area contributed by atoms with Gasteiger partial charge in [0.2, 0.25) is 10.0 Å². The highest BCUT2D eigenvalue weighted by molar-refractivity contribution is 7.89. The van der Waals surface area contributed by atoms with Crippen LogP contribution in [-0.4, -0.2) is 42.2 Å². The van der Waals surface area contributed by atoms with Gasteiger partial charge in [-0.2, -0.15) is 0 Å².